The van der Waals surface area contributed by atoms with Crippen LogP contribution in [0.25, 0.3) is 0 Å². The number of nitrogens with zero attached hydrogens (tertiary/aromatic N) is 2. The van der Waals surface area contributed by atoms with Crippen LogP contribution in [0.3, 0.4) is 0 Å². The van der Waals surface area contributed by atoms with Gasteiger partial charge in [0.05, 0.1) is 31.2 Å². The van der Waals surface area contributed by atoms with E-state index in [4.69, 9.17) is 4.74 Å². The van der Waals surface area contributed by atoms with Gasteiger partial charge >= 0.3 is 12.2 Å². The molecule has 0 saturated heterocycles. The van der Waals surface area contributed by atoms with Crippen molar-refractivity contribution in [3.63, 3.8) is 0 Å². The van der Waals surface area contributed by atoms with Gasteiger partial charge in [-0.25, -0.2) is 13.2 Å². The summed E-state index contributed by atoms with van der Waals surface area (Å²) in [4.78, 5) is 29.2. The molecule has 15 heteroatoms. The molecule has 0 aliphatic carbocycles. The lowest BCUT2D eigenvalue weighted by molar-refractivity contribution is -0.137. The zero-order valence-electron chi connectivity index (χ0n) is 24.2. The second-order valence-corrected chi connectivity index (χ2v) is 13.5. The van der Waals surface area contributed by atoms with Crippen LogP contribution in [-0.4, -0.2) is 74.2 Å². The van der Waals surface area contributed by atoms with Gasteiger partial charge in [-0.15, -0.1) is 11.3 Å². The van der Waals surface area contributed by atoms with Crippen LogP contribution >= 0.6 is 11.3 Å². The number of halogens is 3. The molecule has 1 aliphatic rings. The first-order chi connectivity index (χ1) is 20.7. The van der Waals surface area contributed by atoms with Crippen molar-refractivity contribution in [2.45, 2.75) is 42.8 Å². The molecule has 10 nitrogen and oxygen atoms in total. The second-order valence-electron chi connectivity index (χ2n) is 10.6. The fraction of sp³-hybridized carbons (Fsp3) is 0.379. The maximum Gasteiger partial charge on any atom is 0.416 e. The molecular weight excluding hydrogens is 621 g/mol. The van der Waals surface area contributed by atoms with Crippen LogP contribution in [0.15, 0.2) is 64.2 Å². The van der Waals surface area contributed by atoms with E-state index in [1.54, 1.807) is 24.4 Å². The van der Waals surface area contributed by atoms with Crippen LogP contribution in [0.2, 0.25) is 0 Å². The molecule has 1 aromatic heterocycles. The maximum atomic E-state index is 13.4. The van der Waals surface area contributed by atoms with Crippen LogP contribution in [0.4, 0.5) is 29.3 Å². The summed E-state index contributed by atoms with van der Waals surface area (Å²) in [5.41, 5.74) is -0.0246. The Morgan fingerprint density at radius 3 is 2.48 bits per heavy atom. The van der Waals surface area contributed by atoms with Crippen molar-refractivity contribution in [2.24, 2.45) is 5.92 Å². The highest BCUT2D eigenvalue weighted by Gasteiger charge is 2.33. The average Bonchev–Trinajstić information content (AvgIpc) is 3.52. The number of ether oxygens (including phenoxy) is 1. The summed E-state index contributed by atoms with van der Waals surface area (Å²) in [7, 11) is -2.35. The van der Waals surface area contributed by atoms with Crippen molar-refractivity contribution in [3.8, 4) is 5.75 Å². The molecule has 238 valence electrons. The minimum absolute atomic E-state index is 0.0371. The number of alkyl halides is 3. The number of sulfonamides is 1. The summed E-state index contributed by atoms with van der Waals surface area (Å²) >= 11 is 1.06. The molecule has 0 unspecified atom stereocenters. The zero-order chi connectivity index (χ0) is 32.2. The molecule has 2 aromatic carbocycles. The third-order valence-corrected chi connectivity index (χ3v) is 9.97. The third kappa shape index (κ3) is 8.01. The largest absolute Gasteiger partial charge is 0.488 e. The Morgan fingerprint density at radius 1 is 1.18 bits per heavy atom. The van der Waals surface area contributed by atoms with Crippen LogP contribution in [-0.2, 0) is 27.4 Å². The molecule has 1 aliphatic heterocycles. The summed E-state index contributed by atoms with van der Waals surface area (Å²) in [5, 5.41) is 14.1. The normalized spacial score (nSPS) is 18.2. The van der Waals surface area contributed by atoms with E-state index in [0.717, 1.165) is 35.6 Å². The van der Waals surface area contributed by atoms with Gasteiger partial charge in [-0.1, -0.05) is 13.0 Å². The Kier molecular flexibility index (Phi) is 10.1. The molecule has 2 heterocycles. The number of amides is 3. The number of carbonyl (C=O) groups excluding carboxylic acids is 2. The Labute approximate surface area is 257 Å². The molecular formula is C29H33F3N4O6S2. The number of rotatable bonds is 8. The number of aliphatic hydroxyl groups is 1. The number of hydrogen-bond donors (Lipinski definition) is 3. The molecule has 0 radical (unpaired) electrons. The Bertz CT molecular complexity index is 1570. The lowest BCUT2D eigenvalue weighted by Crippen LogP contribution is -2.48. The molecule has 0 saturated carbocycles. The van der Waals surface area contributed by atoms with Crippen molar-refractivity contribution < 1.29 is 41.0 Å². The van der Waals surface area contributed by atoms with E-state index in [1.807, 2.05) is 6.92 Å². The summed E-state index contributed by atoms with van der Waals surface area (Å²) in [6, 6.07) is 10.7. The number of thiophene rings is 1. The lowest BCUT2D eigenvalue weighted by atomic mass is 10.0. The van der Waals surface area contributed by atoms with E-state index in [2.05, 4.69) is 10.0 Å². The van der Waals surface area contributed by atoms with E-state index in [0.29, 0.717) is 11.3 Å². The summed E-state index contributed by atoms with van der Waals surface area (Å²) in [6.07, 6.45) is -5.29. The number of anilines is 2. The smallest absolute Gasteiger partial charge is 0.416 e. The number of aliphatic hydroxyl groups excluding tert-OH is 1. The molecule has 3 atom stereocenters. The van der Waals surface area contributed by atoms with Crippen LogP contribution in [0.1, 0.15) is 25.0 Å². The summed E-state index contributed by atoms with van der Waals surface area (Å²) < 4.78 is 73.3. The number of nitrogens with one attached hydrogen (secondary N) is 2. The molecule has 3 amide bonds. The molecule has 0 bridgehead atoms. The molecule has 44 heavy (non-hydrogen) atoms. The SMILES string of the molecule is C[C@H]1CN([C@@H](C)CO)C(=O)Cc2cc(NS(=O)(=O)c3cccs3)ccc2O[C@@H]1CN(C)C(=O)Nc1ccc(C(F)(F)F)cc1. The maximum absolute atomic E-state index is 13.4. The van der Waals surface area contributed by atoms with E-state index in [9.17, 15) is 36.3 Å². The van der Waals surface area contributed by atoms with Crippen LogP contribution in [0.5, 0.6) is 5.75 Å². The van der Waals surface area contributed by atoms with Gasteiger partial charge in [-0.3, -0.25) is 9.52 Å². The predicted molar refractivity (Wildman–Crippen MR) is 160 cm³/mol. The summed E-state index contributed by atoms with van der Waals surface area (Å²) in [6.45, 7) is 3.49. The number of benzene rings is 2. The van der Waals surface area contributed by atoms with Crippen molar-refractivity contribution >= 4 is 44.7 Å². The highest BCUT2D eigenvalue weighted by Crippen LogP contribution is 2.32. The number of carbonyl (C=O) groups is 2. The molecule has 4 rings (SSSR count). The van der Waals surface area contributed by atoms with E-state index in [1.165, 1.54) is 35.0 Å². The predicted octanol–water partition coefficient (Wildman–Crippen LogP) is 4.88. The number of likely N-dealkylation sites (N-methyl/N-ethyl adjacent to an activating group) is 1. The van der Waals surface area contributed by atoms with Gasteiger partial charge in [0.25, 0.3) is 10.0 Å². The Morgan fingerprint density at radius 2 is 1.86 bits per heavy atom. The zero-order valence-corrected chi connectivity index (χ0v) is 25.8. The second kappa shape index (κ2) is 13.4. The van der Waals surface area contributed by atoms with Crippen molar-refractivity contribution in [2.75, 3.05) is 36.8 Å². The Hall–Kier alpha value is -3.82. The number of urea groups is 1. The van der Waals surface area contributed by atoms with E-state index in [-0.39, 0.29) is 53.5 Å². The number of fused-ring (bicyclic) bond motifs is 1. The van der Waals surface area contributed by atoms with Crippen molar-refractivity contribution in [1.82, 2.24) is 9.80 Å². The van der Waals surface area contributed by atoms with Gasteiger partial charge in [0.2, 0.25) is 5.91 Å². The quantitative estimate of drug-likeness (QED) is 0.318. The first-order valence-electron chi connectivity index (χ1n) is 13.6. The van der Waals surface area contributed by atoms with Crippen LogP contribution < -0.4 is 14.8 Å². The summed E-state index contributed by atoms with van der Waals surface area (Å²) in [5.74, 6) is -0.308. The van der Waals surface area contributed by atoms with Gasteiger partial charge < -0.3 is 25.0 Å². The van der Waals surface area contributed by atoms with Gasteiger partial charge in [-0.2, -0.15) is 13.2 Å². The molecule has 3 aromatic rings. The minimum atomic E-state index is -4.50. The Balaban J connectivity index is 1.58. The number of hydrogen-bond acceptors (Lipinski definition) is 7. The molecule has 3 N–H and O–H groups in total. The fourth-order valence-corrected chi connectivity index (χ4v) is 6.69. The third-order valence-electron chi connectivity index (χ3n) is 7.19. The van der Waals surface area contributed by atoms with E-state index < -0.39 is 39.9 Å². The van der Waals surface area contributed by atoms with E-state index >= 15 is 0 Å². The van der Waals surface area contributed by atoms with Gasteiger partial charge in [0.1, 0.15) is 16.1 Å². The fourth-order valence-electron chi connectivity index (χ4n) is 4.65. The highest BCUT2D eigenvalue weighted by molar-refractivity contribution is 7.94. The van der Waals surface area contributed by atoms with Crippen molar-refractivity contribution in [3.05, 3.63) is 71.1 Å². The molecule has 0 fully saturated rings. The van der Waals surface area contributed by atoms with Crippen LogP contribution in [0, 0.1) is 5.92 Å². The monoisotopic (exact) mass is 654 g/mol. The lowest BCUT2D eigenvalue weighted by Gasteiger charge is -2.34. The van der Waals surface area contributed by atoms with Crippen molar-refractivity contribution in [1.29, 1.82) is 0 Å². The average molecular weight is 655 g/mol. The minimum Gasteiger partial charge on any atom is -0.488 e. The standard InChI is InChI=1S/C29H33F3N4O6S2/c1-18-15-36(19(2)17-37)26(38)14-20-13-23(34-44(40,41)27-5-4-12-43-27)10-11-24(20)42-25(18)16-35(3)28(39)33-22-8-6-21(7-9-22)29(30,31)32/h4-13,18-19,25,34,37H,14-17H2,1-3H3,(H,33,39)/t18-,19-,25+/m0/s1. The first kappa shape index (κ1) is 33.1. The van der Waals surface area contributed by atoms with Gasteiger partial charge in [-0.05, 0) is 60.8 Å². The highest BCUT2D eigenvalue weighted by atomic mass is 32.2. The topological polar surface area (TPSA) is 128 Å². The first-order valence-corrected chi connectivity index (χ1v) is 16.0. The molecule has 0 spiro atoms. The van der Waals surface area contributed by atoms with Gasteiger partial charge in [0.15, 0.2) is 0 Å². The van der Waals surface area contributed by atoms with Gasteiger partial charge in [0, 0.05) is 36.4 Å².